The summed E-state index contributed by atoms with van der Waals surface area (Å²) in [5.74, 6) is -1.27. The lowest BCUT2D eigenvalue weighted by molar-refractivity contribution is -0.139. The van der Waals surface area contributed by atoms with Gasteiger partial charge in [-0.2, -0.15) is 5.10 Å². The van der Waals surface area contributed by atoms with Crippen molar-refractivity contribution in [1.82, 2.24) is 15.1 Å². The van der Waals surface area contributed by atoms with Gasteiger partial charge in [-0.15, -0.1) is 0 Å². The van der Waals surface area contributed by atoms with Crippen LogP contribution in [0, 0.1) is 0 Å². The van der Waals surface area contributed by atoms with Gasteiger partial charge in [0.15, 0.2) is 0 Å². The van der Waals surface area contributed by atoms with Crippen LogP contribution in [0.2, 0.25) is 0 Å². The zero-order valence-electron chi connectivity index (χ0n) is 9.66. The number of fused-ring (bicyclic) bond motifs is 1. The van der Waals surface area contributed by atoms with Crippen LogP contribution in [-0.2, 0) is 17.8 Å². The fraction of sp³-hybridized carbons (Fsp3) is 0.636. The molecular weight excluding hydrogens is 206 g/mol. The molecule has 0 bridgehead atoms. The largest absolute Gasteiger partial charge is 0.481 e. The first kappa shape index (κ1) is 11.1. The first-order chi connectivity index (χ1) is 7.63. The second-order valence-electron chi connectivity index (χ2n) is 4.35. The van der Waals surface area contributed by atoms with Crippen molar-refractivity contribution in [3.05, 3.63) is 17.0 Å². The third kappa shape index (κ3) is 1.82. The monoisotopic (exact) mass is 223 g/mol. The van der Waals surface area contributed by atoms with Crippen LogP contribution in [0.3, 0.4) is 0 Å². The van der Waals surface area contributed by atoms with E-state index < -0.39 is 11.9 Å². The Morgan fingerprint density at radius 2 is 2.44 bits per heavy atom. The van der Waals surface area contributed by atoms with Gasteiger partial charge < -0.3 is 10.0 Å². The van der Waals surface area contributed by atoms with E-state index in [0.29, 0.717) is 6.42 Å². The lowest BCUT2D eigenvalue weighted by Crippen LogP contribution is -2.27. The number of nitrogens with zero attached hydrogens (tertiary/aromatic N) is 2. The topological polar surface area (TPSA) is 69.2 Å². The predicted octanol–water partition coefficient (Wildman–Crippen LogP) is 0.976. The summed E-state index contributed by atoms with van der Waals surface area (Å²) < 4.78 is 0. The van der Waals surface area contributed by atoms with Crippen molar-refractivity contribution < 1.29 is 9.90 Å². The third-order valence-electron chi connectivity index (χ3n) is 3.19. The Morgan fingerprint density at radius 3 is 3.06 bits per heavy atom. The highest BCUT2D eigenvalue weighted by molar-refractivity contribution is 5.76. The second-order valence-corrected chi connectivity index (χ2v) is 4.35. The summed E-state index contributed by atoms with van der Waals surface area (Å²) in [7, 11) is 2.04. The molecule has 1 aliphatic heterocycles. The maximum atomic E-state index is 11.1. The van der Waals surface area contributed by atoms with Gasteiger partial charge in [0.2, 0.25) is 0 Å². The van der Waals surface area contributed by atoms with Crippen LogP contribution in [0.25, 0.3) is 0 Å². The molecule has 16 heavy (non-hydrogen) atoms. The molecule has 1 aromatic rings. The van der Waals surface area contributed by atoms with Crippen LogP contribution in [-0.4, -0.2) is 39.8 Å². The van der Waals surface area contributed by atoms with E-state index in [4.69, 9.17) is 5.11 Å². The number of aliphatic carboxylic acids is 1. The van der Waals surface area contributed by atoms with Crippen LogP contribution < -0.4 is 0 Å². The Hall–Kier alpha value is -1.36. The van der Waals surface area contributed by atoms with Gasteiger partial charge in [-0.1, -0.05) is 6.92 Å². The van der Waals surface area contributed by atoms with Crippen molar-refractivity contribution in [2.24, 2.45) is 0 Å². The molecule has 0 radical (unpaired) electrons. The molecule has 0 spiro atoms. The zero-order chi connectivity index (χ0) is 11.7. The maximum absolute atomic E-state index is 11.1. The van der Waals surface area contributed by atoms with E-state index in [2.05, 4.69) is 15.1 Å². The SMILES string of the molecule is CCC(C(=O)O)c1n[nH]c2c1CN(C)CC2. The van der Waals surface area contributed by atoms with Crippen LogP contribution in [0.15, 0.2) is 0 Å². The number of rotatable bonds is 3. The average Bonchev–Trinajstić information content (AvgIpc) is 2.62. The molecule has 1 atom stereocenters. The van der Waals surface area contributed by atoms with E-state index in [1.54, 1.807) is 0 Å². The molecule has 88 valence electrons. The van der Waals surface area contributed by atoms with Gasteiger partial charge in [0.25, 0.3) is 0 Å². The van der Waals surface area contributed by atoms with Crippen molar-refractivity contribution >= 4 is 5.97 Å². The molecule has 2 rings (SSSR count). The zero-order valence-corrected chi connectivity index (χ0v) is 9.66. The lowest BCUT2D eigenvalue weighted by atomic mass is 9.95. The highest BCUT2D eigenvalue weighted by Gasteiger charge is 2.28. The molecule has 2 heterocycles. The molecule has 1 aromatic heterocycles. The summed E-state index contributed by atoms with van der Waals surface area (Å²) in [5.41, 5.74) is 2.91. The fourth-order valence-electron chi connectivity index (χ4n) is 2.23. The number of hydrogen-bond donors (Lipinski definition) is 2. The Labute approximate surface area is 94.5 Å². The molecule has 1 aliphatic rings. The Morgan fingerprint density at radius 1 is 1.69 bits per heavy atom. The van der Waals surface area contributed by atoms with E-state index in [0.717, 1.165) is 36.5 Å². The molecule has 5 nitrogen and oxygen atoms in total. The van der Waals surface area contributed by atoms with Crippen molar-refractivity contribution in [3.8, 4) is 0 Å². The summed E-state index contributed by atoms with van der Waals surface area (Å²) in [6, 6.07) is 0. The van der Waals surface area contributed by atoms with E-state index in [1.165, 1.54) is 0 Å². The summed E-state index contributed by atoms with van der Waals surface area (Å²) in [4.78, 5) is 13.3. The quantitative estimate of drug-likeness (QED) is 0.801. The lowest BCUT2D eigenvalue weighted by Gasteiger charge is -2.23. The fourth-order valence-corrected chi connectivity index (χ4v) is 2.23. The molecule has 0 fully saturated rings. The molecule has 2 N–H and O–H groups in total. The number of aromatic amines is 1. The summed E-state index contributed by atoms with van der Waals surface area (Å²) in [5, 5.41) is 16.3. The van der Waals surface area contributed by atoms with Crippen molar-refractivity contribution in [3.63, 3.8) is 0 Å². The molecule has 0 amide bonds. The number of aromatic nitrogens is 2. The number of carboxylic acids is 1. The standard InChI is InChI=1S/C11H17N3O2/c1-3-7(11(15)16)10-8-6-14(2)5-4-9(8)12-13-10/h7H,3-6H2,1-2H3,(H,12,13)(H,15,16). The molecule has 0 aliphatic carbocycles. The normalized spacial score (nSPS) is 18.1. The van der Waals surface area contributed by atoms with Gasteiger partial charge >= 0.3 is 5.97 Å². The molecule has 0 aromatic carbocycles. The molecule has 0 saturated heterocycles. The van der Waals surface area contributed by atoms with Gasteiger partial charge in [-0.25, -0.2) is 0 Å². The second kappa shape index (κ2) is 4.25. The summed E-state index contributed by atoms with van der Waals surface area (Å²) >= 11 is 0. The molecular formula is C11H17N3O2. The minimum atomic E-state index is -0.787. The molecule has 1 unspecified atom stereocenters. The number of likely N-dealkylation sites (N-methyl/N-ethyl adjacent to an activating group) is 1. The predicted molar refractivity (Wildman–Crippen MR) is 59.3 cm³/mol. The minimum absolute atomic E-state index is 0.480. The smallest absolute Gasteiger partial charge is 0.312 e. The number of hydrogen-bond acceptors (Lipinski definition) is 3. The third-order valence-corrected chi connectivity index (χ3v) is 3.19. The minimum Gasteiger partial charge on any atom is -0.481 e. The van der Waals surface area contributed by atoms with Crippen LogP contribution in [0.1, 0.15) is 36.2 Å². The van der Waals surface area contributed by atoms with E-state index in [1.807, 2.05) is 14.0 Å². The number of nitrogens with one attached hydrogen (secondary N) is 1. The van der Waals surface area contributed by atoms with Gasteiger partial charge in [-0.05, 0) is 13.5 Å². The number of H-pyrrole nitrogens is 1. The highest BCUT2D eigenvalue weighted by atomic mass is 16.4. The first-order valence-corrected chi connectivity index (χ1v) is 5.60. The van der Waals surface area contributed by atoms with Crippen LogP contribution >= 0.6 is 0 Å². The highest BCUT2D eigenvalue weighted by Crippen LogP contribution is 2.27. The van der Waals surface area contributed by atoms with Crippen LogP contribution in [0.5, 0.6) is 0 Å². The Kier molecular flexibility index (Phi) is 2.96. The summed E-state index contributed by atoms with van der Waals surface area (Å²) in [6.45, 7) is 3.68. The van der Waals surface area contributed by atoms with Gasteiger partial charge in [0.1, 0.15) is 5.92 Å². The number of carbonyl (C=O) groups is 1. The molecule has 0 saturated carbocycles. The van der Waals surface area contributed by atoms with Gasteiger partial charge in [0, 0.05) is 30.8 Å². The van der Waals surface area contributed by atoms with Crippen molar-refractivity contribution in [2.75, 3.05) is 13.6 Å². The van der Waals surface area contributed by atoms with Crippen LogP contribution in [0.4, 0.5) is 0 Å². The van der Waals surface area contributed by atoms with E-state index in [9.17, 15) is 4.79 Å². The maximum Gasteiger partial charge on any atom is 0.312 e. The first-order valence-electron chi connectivity index (χ1n) is 5.60. The van der Waals surface area contributed by atoms with E-state index >= 15 is 0 Å². The summed E-state index contributed by atoms with van der Waals surface area (Å²) in [6.07, 6.45) is 1.51. The Bertz CT molecular complexity index is 400. The Balaban J connectivity index is 2.35. The van der Waals surface area contributed by atoms with Gasteiger partial charge in [-0.3, -0.25) is 9.89 Å². The average molecular weight is 223 g/mol. The van der Waals surface area contributed by atoms with Crippen molar-refractivity contribution in [1.29, 1.82) is 0 Å². The van der Waals surface area contributed by atoms with E-state index in [-0.39, 0.29) is 0 Å². The number of carboxylic acid groups (broad SMARTS) is 1. The van der Waals surface area contributed by atoms with Crippen molar-refractivity contribution in [2.45, 2.75) is 32.2 Å². The molecule has 5 heteroatoms. The van der Waals surface area contributed by atoms with Gasteiger partial charge in [0.05, 0.1) is 5.69 Å².